The molecule has 0 bridgehead atoms. The lowest BCUT2D eigenvalue weighted by atomic mass is 10.2. The van der Waals surface area contributed by atoms with Crippen molar-refractivity contribution < 1.29 is 0 Å². The molecule has 2 aromatic heterocycles. The summed E-state index contributed by atoms with van der Waals surface area (Å²) in [6.45, 7) is 0. The zero-order valence-corrected chi connectivity index (χ0v) is 7.91. The van der Waals surface area contributed by atoms with Crippen molar-refractivity contribution in [3.05, 3.63) is 49.1 Å². The van der Waals surface area contributed by atoms with E-state index in [-0.39, 0.29) is 0 Å². The maximum Gasteiger partial charge on any atom is 0.179 e. The highest BCUT2D eigenvalue weighted by Gasteiger charge is 2.00. The summed E-state index contributed by atoms with van der Waals surface area (Å²) in [5, 5.41) is 7.71. The van der Waals surface area contributed by atoms with Gasteiger partial charge < -0.3 is 0 Å². The molecule has 4 nitrogen and oxygen atoms in total. The maximum absolute atomic E-state index is 4.33. The van der Waals surface area contributed by atoms with Crippen LogP contribution in [0.25, 0.3) is 16.9 Å². The van der Waals surface area contributed by atoms with E-state index in [2.05, 4.69) is 15.2 Å². The van der Waals surface area contributed by atoms with Crippen molar-refractivity contribution in [2.75, 3.05) is 0 Å². The molecule has 0 saturated heterocycles. The summed E-state index contributed by atoms with van der Waals surface area (Å²) in [5.41, 5.74) is 2.77. The van der Waals surface area contributed by atoms with Gasteiger partial charge in [0.1, 0.15) is 6.33 Å². The molecular weight excluding hydrogens is 188 g/mol. The minimum absolute atomic E-state index is 0.759. The van der Waals surface area contributed by atoms with Gasteiger partial charge in [-0.05, 0) is 0 Å². The second kappa shape index (κ2) is 3.16. The van der Waals surface area contributed by atoms with Gasteiger partial charge in [0.25, 0.3) is 0 Å². The number of benzene rings is 1. The first-order valence-corrected chi connectivity index (χ1v) is 4.64. The highest BCUT2D eigenvalue weighted by Crippen LogP contribution is 2.15. The zero-order valence-electron chi connectivity index (χ0n) is 7.91. The van der Waals surface area contributed by atoms with Gasteiger partial charge in [0.2, 0.25) is 0 Å². The van der Waals surface area contributed by atoms with Crippen LogP contribution in [0.2, 0.25) is 0 Å². The summed E-state index contributed by atoms with van der Waals surface area (Å²) >= 11 is 0. The molecule has 72 valence electrons. The average Bonchev–Trinajstić information content (AvgIpc) is 2.77. The predicted molar refractivity (Wildman–Crippen MR) is 56.2 cm³/mol. The molecule has 0 fully saturated rings. The molecule has 0 unspecified atom stereocenters. The van der Waals surface area contributed by atoms with Gasteiger partial charge in [-0.2, -0.15) is 0 Å². The first kappa shape index (κ1) is 8.11. The summed E-state index contributed by atoms with van der Waals surface area (Å²) in [5.74, 6) is 0. The van der Waals surface area contributed by atoms with Crippen LogP contribution in [0.3, 0.4) is 0 Å². The van der Waals surface area contributed by atoms with E-state index in [0.717, 1.165) is 16.9 Å². The normalized spacial score (nSPS) is 10.7. The van der Waals surface area contributed by atoms with Crippen molar-refractivity contribution in [1.82, 2.24) is 19.6 Å². The minimum atomic E-state index is 0.759. The molecular formula is C11H8N4. The van der Waals surface area contributed by atoms with Gasteiger partial charge in [-0.25, -0.2) is 0 Å². The molecule has 3 aromatic rings. The van der Waals surface area contributed by atoms with E-state index in [0.29, 0.717) is 0 Å². The molecule has 0 aliphatic heterocycles. The fourth-order valence-corrected chi connectivity index (χ4v) is 1.49. The number of fused-ring (bicyclic) bond motifs is 1. The first-order valence-electron chi connectivity index (χ1n) is 4.64. The van der Waals surface area contributed by atoms with Crippen LogP contribution in [0.4, 0.5) is 0 Å². The molecule has 0 atom stereocenters. The smallest absolute Gasteiger partial charge is 0.179 e. The molecule has 4 heteroatoms. The molecule has 2 heterocycles. The topological polar surface area (TPSA) is 43.1 Å². The summed E-state index contributed by atoms with van der Waals surface area (Å²) < 4.78 is 1.86. The van der Waals surface area contributed by atoms with Gasteiger partial charge in [0.05, 0.1) is 11.9 Å². The van der Waals surface area contributed by atoms with Crippen LogP contribution in [-0.4, -0.2) is 19.6 Å². The Labute approximate surface area is 86.2 Å². The summed E-state index contributed by atoms with van der Waals surface area (Å²) in [4.78, 5) is 4.33. The predicted octanol–water partition coefficient (Wildman–Crippen LogP) is 1.79. The Morgan fingerprint density at radius 2 is 1.93 bits per heavy atom. The van der Waals surface area contributed by atoms with Crippen LogP contribution >= 0.6 is 0 Å². The third-order valence-corrected chi connectivity index (χ3v) is 2.25. The minimum Gasteiger partial charge on any atom is -0.286 e. The third kappa shape index (κ3) is 1.36. The Morgan fingerprint density at radius 3 is 2.80 bits per heavy atom. The lowest BCUT2D eigenvalue weighted by Crippen LogP contribution is -1.89. The van der Waals surface area contributed by atoms with Crippen molar-refractivity contribution in [3.8, 4) is 11.3 Å². The second-order valence-electron chi connectivity index (χ2n) is 3.23. The lowest BCUT2D eigenvalue weighted by Gasteiger charge is -2.00. The van der Waals surface area contributed by atoms with Crippen LogP contribution in [0.1, 0.15) is 0 Å². The molecule has 3 rings (SSSR count). The molecule has 15 heavy (non-hydrogen) atoms. The fraction of sp³-hybridized carbons (Fsp3) is 0. The quantitative estimate of drug-likeness (QED) is 0.596. The molecule has 1 aromatic carbocycles. The number of hydrogen-bond acceptors (Lipinski definition) is 3. The third-order valence-electron chi connectivity index (χ3n) is 2.25. The highest BCUT2D eigenvalue weighted by atomic mass is 15.2. The molecule has 0 saturated carbocycles. The molecule has 0 N–H and O–H groups in total. The van der Waals surface area contributed by atoms with E-state index in [1.165, 1.54) is 0 Å². The van der Waals surface area contributed by atoms with E-state index in [1.807, 2.05) is 40.9 Å². The first-order chi connectivity index (χ1) is 7.43. The van der Waals surface area contributed by atoms with Crippen LogP contribution in [0.15, 0.2) is 49.1 Å². The van der Waals surface area contributed by atoms with E-state index in [1.54, 1.807) is 12.5 Å². The summed E-state index contributed by atoms with van der Waals surface area (Å²) in [7, 11) is 0. The Bertz CT molecular complexity index is 586. The van der Waals surface area contributed by atoms with Crippen molar-refractivity contribution in [2.24, 2.45) is 0 Å². The number of aromatic nitrogens is 4. The maximum atomic E-state index is 4.33. The van der Waals surface area contributed by atoms with Gasteiger partial charge >= 0.3 is 0 Å². The molecule has 0 amide bonds. The van der Waals surface area contributed by atoms with E-state index >= 15 is 0 Å². The monoisotopic (exact) mass is 196 g/mol. The van der Waals surface area contributed by atoms with E-state index < -0.39 is 0 Å². The highest BCUT2D eigenvalue weighted by molar-refractivity contribution is 5.59. The van der Waals surface area contributed by atoms with Crippen LogP contribution < -0.4 is 0 Å². The number of hydrogen-bond donors (Lipinski definition) is 0. The Balaban J connectivity index is 2.19. The molecule has 0 spiro atoms. The van der Waals surface area contributed by atoms with E-state index in [9.17, 15) is 0 Å². The molecule has 0 radical (unpaired) electrons. The van der Waals surface area contributed by atoms with Crippen molar-refractivity contribution in [2.45, 2.75) is 0 Å². The number of nitrogens with zero attached hydrogens (tertiary/aromatic N) is 4. The van der Waals surface area contributed by atoms with Gasteiger partial charge in [0, 0.05) is 11.8 Å². The van der Waals surface area contributed by atoms with Crippen LogP contribution in [0, 0.1) is 0 Å². The summed E-state index contributed by atoms with van der Waals surface area (Å²) in [6, 6.07) is 10.0. The van der Waals surface area contributed by atoms with Gasteiger partial charge in [-0.3, -0.25) is 9.38 Å². The van der Waals surface area contributed by atoms with Gasteiger partial charge in [-0.15, -0.1) is 10.2 Å². The van der Waals surface area contributed by atoms with Gasteiger partial charge in [-0.1, -0.05) is 30.3 Å². The fourth-order valence-electron chi connectivity index (χ4n) is 1.49. The Kier molecular flexibility index (Phi) is 1.71. The van der Waals surface area contributed by atoms with Crippen molar-refractivity contribution in [3.63, 3.8) is 0 Å². The summed E-state index contributed by atoms with van der Waals surface area (Å²) in [6.07, 6.45) is 5.31. The Morgan fingerprint density at radius 1 is 1.07 bits per heavy atom. The number of rotatable bonds is 1. The van der Waals surface area contributed by atoms with E-state index in [4.69, 9.17) is 0 Å². The van der Waals surface area contributed by atoms with Crippen molar-refractivity contribution in [1.29, 1.82) is 0 Å². The van der Waals surface area contributed by atoms with Crippen LogP contribution in [-0.2, 0) is 0 Å². The SMILES string of the molecule is c1ccc(-c2cn3cnnc3cn2)cc1. The largest absolute Gasteiger partial charge is 0.286 e. The zero-order chi connectivity index (χ0) is 10.1. The average molecular weight is 196 g/mol. The van der Waals surface area contributed by atoms with Crippen molar-refractivity contribution >= 4 is 5.65 Å². The molecule has 0 aliphatic carbocycles. The molecule has 0 aliphatic rings. The van der Waals surface area contributed by atoms with Crippen LogP contribution in [0.5, 0.6) is 0 Å². The van der Waals surface area contributed by atoms with Gasteiger partial charge in [0.15, 0.2) is 5.65 Å². The lowest BCUT2D eigenvalue weighted by molar-refractivity contribution is 1.10. The Hall–Kier alpha value is -2.23. The second-order valence-corrected chi connectivity index (χ2v) is 3.23. The standard InChI is InChI=1S/C11H8N4/c1-2-4-9(5-3-1)10-7-15-8-13-14-11(15)6-12-10/h1-8H.